The topological polar surface area (TPSA) is 73.9 Å². The number of benzene rings is 2. The van der Waals surface area contributed by atoms with E-state index >= 15 is 0 Å². The number of fused-ring (bicyclic) bond motifs is 1. The number of amides is 1. The summed E-state index contributed by atoms with van der Waals surface area (Å²) in [6, 6.07) is 10.4. The van der Waals surface area contributed by atoms with Crippen molar-refractivity contribution in [1.29, 1.82) is 0 Å². The van der Waals surface area contributed by atoms with Gasteiger partial charge >= 0.3 is 5.97 Å². The van der Waals surface area contributed by atoms with Gasteiger partial charge in [0.15, 0.2) is 17.6 Å². The molecule has 0 saturated carbocycles. The summed E-state index contributed by atoms with van der Waals surface area (Å²) in [6.07, 6.45) is -1.06. The largest absolute Gasteiger partial charge is 0.454 e. The summed E-state index contributed by atoms with van der Waals surface area (Å²) in [4.78, 5) is 24.6. The minimum atomic E-state index is -2.54. The van der Waals surface area contributed by atoms with E-state index in [4.69, 9.17) is 14.2 Å². The molecule has 2 aromatic rings. The number of hydrogen-bond acceptors (Lipinski definition) is 6. The van der Waals surface area contributed by atoms with E-state index in [0.717, 1.165) is 0 Å². The smallest absolute Gasteiger partial charge is 0.338 e. The molecule has 6 nitrogen and oxygen atoms in total. The number of alkyl halides is 2. The summed E-state index contributed by atoms with van der Waals surface area (Å²) < 4.78 is 40.2. The number of hydrogen-bond donors (Lipinski definition) is 1. The Bertz CT molecular complexity index is 844. The van der Waals surface area contributed by atoms with Crippen LogP contribution in [0.1, 0.15) is 17.3 Å². The number of halogens is 2. The third-order valence-corrected chi connectivity index (χ3v) is 4.33. The normalized spacial score (nSPS) is 13.3. The average Bonchev–Trinajstić information content (AvgIpc) is 3.09. The molecule has 9 heteroatoms. The monoisotopic (exact) mass is 395 g/mol. The second-order valence-corrected chi connectivity index (χ2v) is 6.57. The van der Waals surface area contributed by atoms with E-state index < -0.39 is 23.7 Å². The predicted molar refractivity (Wildman–Crippen MR) is 94.4 cm³/mol. The lowest BCUT2D eigenvalue weighted by Gasteiger charge is -2.14. The minimum Gasteiger partial charge on any atom is -0.454 e. The van der Waals surface area contributed by atoms with Gasteiger partial charge in [-0.3, -0.25) is 4.79 Å². The fourth-order valence-corrected chi connectivity index (χ4v) is 2.77. The van der Waals surface area contributed by atoms with Gasteiger partial charge in [0.1, 0.15) is 0 Å². The average molecular weight is 395 g/mol. The standard InChI is InChI=1S/C18H15F2NO5S/c1-10(16(22)21-12-4-7-14-15(8-12)25-9-24-14)26-17(23)11-2-5-13(6-3-11)27-18(19)20/h2-8,10,18H,9H2,1H3,(H,21,22). The van der Waals surface area contributed by atoms with Gasteiger partial charge in [0.05, 0.1) is 5.56 Å². The molecule has 27 heavy (non-hydrogen) atoms. The van der Waals surface area contributed by atoms with Crippen LogP contribution >= 0.6 is 11.8 Å². The van der Waals surface area contributed by atoms with E-state index in [1.165, 1.54) is 31.2 Å². The molecule has 1 heterocycles. The highest BCUT2D eigenvalue weighted by Gasteiger charge is 2.20. The van der Waals surface area contributed by atoms with Crippen molar-refractivity contribution in [3.8, 4) is 11.5 Å². The number of anilines is 1. The highest BCUT2D eigenvalue weighted by Crippen LogP contribution is 2.34. The molecular formula is C18H15F2NO5S. The first kappa shape index (κ1) is 19.0. The zero-order chi connectivity index (χ0) is 19.4. The zero-order valence-corrected chi connectivity index (χ0v) is 14.9. The van der Waals surface area contributed by atoms with Crippen LogP contribution in [0, 0.1) is 0 Å². The van der Waals surface area contributed by atoms with Crippen LogP contribution in [0.3, 0.4) is 0 Å². The maximum absolute atomic E-state index is 12.3. The van der Waals surface area contributed by atoms with Crippen molar-refractivity contribution in [2.24, 2.45) is 0 Å². The van der Waals surface area contributed by atoms with Gasteiger partial charge in [-0.1, -0.05) is 11.8 Å². The molecule has 1 aliphatic heterocycles. The summed E-state index contributed by atoms with van der Waals surface area (Å²) in [5.74, 6) is -2.69. The quantitative estimate of drug-likeness (QED) is 0.591. The van der Waals surface area contributed by atoms with Crippen LogP contribution in [0.25, 0.3) is 0 Å². The molecule has 0 bridgehead atoms. The lowest BCUT2D eigenvalue weighted by atomic mass is 10.2. The van der Waals surface area contributed by atoms with Crippen LogP contribution in [-0.4, -0.2) is 30.5 Å². The molecule has 1 amide bonds. The van der Waals surface area contributed by atoms with Crippen LogP contribution in [0.15, 0.2) is 47.4 Å². The molecule has 0 radical (unpaired) electrons. The molecular weight excluding hydrogens is 380 g/mol. The van der Waals surface area contributed by atoms with E-state index in [2.05, 4.69) is 5.32 Å². The Balaban J connectivity index is 1.56. The number of ether oxygens (including phenoxy) is 3. The predicted octanol–water partition coefficient (Wildman–Crippen LogP) is 3.91. The number of carbonyl (C=O) groups excluding carboxylic acids is 2. The van der Waals surface area contributed by atoms with Crippen molar-refractivity contribution in [2.45, 2.75) is 23.7 Å². The second kappa shape index (κ2) is 8.26. The molecule has 0 spiro atoms. The first-order valence-electron chi connectivity index (χ1n) is 7.89. The van der Waals surface area contributed by atoms with Crippen LogP contribution in [-0.2, 0) is 9.53 Å². The molecule has 1 N–H and O–H groups in total. The lowest BCUT2D eigenvalue weighted by Crippen LogP contribution is -2.30. The Morgan fingerprint density at radius 2 is 1.81 bits per heavy atom. The number of thioether (sulfide) groups is 1. The van der Waals surface area contributed by atoms with Gasteiger partial charge < -0.3 is 19.5 Å². The minimum absolute atomic E-state index is 0.120. The van der Waals surface area contributed by atoms with Crippen molar-refractivity contribution in [3.05, 3.63) is 48.0 Å². The molecule has 142 valence electrons. The van der Waals surface area contributed by atoms with Crippen molar-refractivity contribution < 1.29 is 32.6 Å². The van der Waals surface area contributed by atoms with Gasteiger partial charge in [0.25, 0.3) is 11.7 Å². The van der Waals surface area contributed by atoms with Gasteiger partial charge in [-0.2, -0.15) is 8.78 Å². The van der Waals surface area contributed by atoms with E-state index in [9.17, 15) is 18.4 Å². The molecule has 2 aromatic carbocycles. The van der Waals surface area contributed by atoms with Crippen LogP contribution in [0.5, 0.6) is 11.5 Å². The van der Waals surface area contributed by atoms with Gasteiger partial charge in [0, 0.05) is 16.6 Å². The first-order valence-corrected chi connectivity index (χ1v) is 8.77. The van der Waals surface area contributed by atoms with Crippen LogP contribution in [0.4, 0.5) is 14.5 Å². The second-order valence-electron chi connectivity index (χ2n) is 5.51. The van der Waals surface area contributed by atoms with Crippen molar-refractivity contribution in [1.82, 2.24) is 0 Å². The van der Waals surface area contributed by atoms with Gasteiger partial charge in [-0.15, -0.1) is 0 Å². The molecule has 0 saturated heterocycles. The van der Waals surface area contributed by atoms with E-state index in [1.54, 1.807) is 18.2 Å². The van der Waals surface area contributed by atoms with E-state index in [1.807, 2.05) is 0 Å². The number of nitrogens with one attached hydrogen (secondary N) is 1. The summed E-state index contributed by atoms with van der Waals surface area (Å²) in [5, 5.41) is 2.62. The fourth-order valence-electron chi connectivity index (χ4n) is 2.27. The van der Waals surface area contributed by atoms with Crippen molar-refractivity contribution >= 4 is 29.3 Å². The molecule has 0 fully saturated rings. The van der Waals surface area contributed by atoms with E-state index in [-0.39, 0.29) is 12.4 Å². The van der Waals surface area contributed by atoms with Gasteiger partial charge in [0.2, 0.25) is 6.79 Å². The molecule has 1 aliphatic rings. The van der Waals surface area contributed by atoms with Crippen LogP contribution < -0.4 is 14.8 Å². The fraction of sp³-hybridized carbons (Fsp3) is 0.222. The van der Waals surface area contributed by atoms with Gasteiger partial charge in [-0.05, 0) is 43.3 Å². The summed E-state index contributed by atoms with van der Waals surface area (Å²) in [6.45, 7) is 1.55. The molecule has 0 aliphatic carbocycles. The molecule has 1 atom stereocenters. The van der Waals surface area contributed by atoms with Crippen molar-refractivity contribution in [2.75, 3.05) is 12.1 Å². The third kappa shape index (κ3) is 4.88. The van der Waals surface area contributed by atoms with Crippen LogP contribution in [0.2, 0.25) is 0 Å². The molecule has 3 rings (SSSR count). The Morgan fingerprint density at radius 3 is 2.52 bits per heavy atom. The Kier molecular flexibility index (Phi) is 5.80. The number of esters is 1. The Labute approximate surface area is 157 Å². The highest BCUT2D eigenvalue weighted by molar-refractivity contribution is 7.99. The first-order chi connectivity index (χ1) is 12.9. The van der Waals surface area contributed by atoms with Gasteiger partial charge in [-0.25, -0.2) is 4.79 Å². The van der Waals surface area contributed by atoms with E-state index in [0.29, 0.717) is 33.8 Å². The SMILES string of the molecule is CC(OC(=O)c1ccc(SC(F)F)cc1)C(=O)Nc1ccc2c(c1)OCO2. The lowest BCUT2D eigenvalue weighted by molar-refractivity contribution is -0.123. The maximum atomic E-state index is 12.3. The summed E-state index contributed by atoms with van der Waals surface area (Å²) in [7, 11) is 0. The number of rotatable bonds is 6. The summed E-state index contributed by atoms with van der Waals surface area (Å²) >= 11 is 0.379. The maximum Gasteiger partial charge on any atom is 0.338 e. The molecule has 1 unspecified atom stereocenters. The van der Waals surface area contributed by atoms with Crippen molar-refractivity contribution in [3.63, 3.8) is 0 Å². The summed E-state index contributed by atoms with van der Waals surface area (Å²) in [5.41, 5.74) is 0.636. The Hall–Kier alpha value is -2.81. The zero-order valence-electron chi connectivity index (χ0n) is 14.1. The highest BCUT2D eigenvalue weighted by atomic mass is 32.2. The Morgan fingerprint density at radius 1 is 1.11 bits per heavy atom. The third-order valence-electron chi connectivity index (χ3n) is 3.61. The number of carbonyl (C=O) groups is 2. The molecule has 0 aromatic heterocycles.